The molecular formula is C20H27BrN2O2. The van der Waals surface area contributed by atoms with Gasteiger partial charge in [-0.3, -0.25) is 4.79 Å². The molecule has 1 amide bonds. The van der Waals surface area contributed by atoms with Crippen LogP contribution in [0.2, 0.25) is 0 Å². The highest BCUT2D eigenvalue weighted by atomic mass is 79.9. The maximum Gasteiger partial charge on any atom is 0.223 e. The average molecular weight is 407 g/mol. The molecule has 3 atom stereocenters. The van der Waals surface area contributed by atoms with Crippen molar-refractivity contribution in [1.29, 1.82) is 0 Å². The van der Waals surface area contributed by atoms with Gasteiger partial charge in [0.1, 0.15) is 0 Å². The van der Waals surface area contributed by atoms with Crippen molar-refractivity contribution in [3.8, 4) is 0 Å². The lowest BCUT2D eigenvalue weighted by atomic mass is 9.46. The van der Waals surface area contributed by atoms with Gasteiger partial charge in [0.25, 0.3) is 0 Å². The first-order valence-electron chi connectivity index (χ1n) is 9.44. The van der Waals surface area contributed by atoms with Crippen LogP contribution < -0.4 is 5.32 Å². The molecule has 136 valence electrons. The van der Waals surface area contributed by atoms with Crippen molar-refractivity contribution in [3.63, 3.8) is 0 Å². The lowest BCUT2D eigenvalue weighted by molar-refractivity contribution is -0.176. The summed E-state index contributed by atoms with van der Waals surface area (Å²) in [5, 5.41) is 3.71. The number of nitrogens with zero attached hydrogens (tertiary/aromatic N) is 1. The third kappa shape index (κ3) is 3.04. The van der Waals surface area contributed by atoms with Crippen LogP contribution in [0.15, 0.2) is 28.7 Å². The van der Waals surface area contributed by atoms with Gasteiger partial charge >= 0.3 is 0 Å². The number of fused-ring (bicyclic) bond motifs is 2. The molecule has 1 aromatic rings. The van der Waals surface area contributed by atoms with Crippen LogP contribution in [0, 0.1) is 11.3 Å². The minimum absolute atomic E-state index is 0.199. The molecule has 1 aliphatic heterocycles. The molecule has 2 aliphatic carbocycles. The van der Waals surface area contributed by atoms with Gasteiger partial charge in [-0.25, -0.2) is 0 Å². The van der Waals surface area contributed by atoms with E-state index < -0.39 is 0 Å². The Kier molecular flexibility index (Phi) is 4.91. The average Bonchev–Trinajstić information content (AvgIpc) is 2.97. The summed E-state index contributed by atoms with van der Waals surface area (Å²) in [6.45, 7) is 2.34. The van der Waals surface area contributed by atoms with Gasteiger partial charge in [0.2, 0.25) is 5.91 Å². The highest BCUT2D eigenvalue weighted by molar-refractivity contribution is 9.10. The van der Waals surface area contributed by atoms with Crippen LogP contribution in [0.1, 0.15) is 37.7 Å². The van der Waals surface area contributed by atoms with Crippen LogP contribution in [0.5, 0.6) is 0 Å². The number of hydrogen-bond donors (Lipinski definition) is 1. The molecule has 0 aromatic heterocycles. The van der Waals surface area contributed by atoms with Crippen LogP contribution in [-0.4, -0.2) is 43.2 Å². The molecule has 1 N–H and O–H groups in total. The van der Waals surface area contributed by atoms with Gasteiger partial charge in [-0.2, -0.15) is 0 Å². The van der Waals surface area contributed by atoms with Gasteiger partial charge in [0.05, 0.1) is 6.10 Å². The first kappa shape index (κ1) is 17.5. The molecule has 3 aliphatic rings. The molecule has 0 radical (unpaired) electrons. The second-order valence-electron chi connectivity index (χ2n) is 7.85. The highest BCUT2D eigenvalue weighted by Crippen LogP contribution is 2.62. The zero-order valence-corrected chi connectivity index (χ0v) is 16.4. The van der Waals surface area contributed by atoms with E-state index in [9.17, 15) is 4.79 Å². The molecule has 4 nitrogen and oxygen atoms in total. The molecule has 4 rings (SSSR count). The van der Waals surface area contributed by atoms with Crippen LogP contribution in [0.25, 0.3) is 0 Å². The normalized spacial score (nSPS) is 29.0. The predicted molar refractivity (Wildman–Crippen MR) is 101 cm³/mol. The van der Waals surface area contributed by atoms with E-state index in [4.69, 9.17) is 4.74 Å². The number of rotatable bonds is 6. The zero-order valence-electron chi connectivity index (χ0n) is 14.8. The topological polar surface area (TPSA) is 41.6 Å². The quantitative estimate of drug-likeness (QED) is 0.787. The summed E-state index contributed by atoms with van der Waals surface area (Å²) in [4.78, 5) is 14.3. The number of ether oxygens (including phenoxy) is 1. The summed E-state index contributed by atoms with van der Waals surface area (Å²) in [6.07, 6.45) is 6.15. The van der Waals surface area contributed by atoms with Crippen molar-refractivity contribution in [1.82, 2.24) is 10.2 Å². The van der Waals surface area contributed by atoms with Crippen molar-refractivity contribution in [2.45, 2.75) is 50.8 Å². The fourth-order valence-corrected chi connectivity index (χ4v) is 5.47. The summed E-state index contributed by atoms with van der Waals surface area (Å²) in [6, 6.07) is 8.64. The standard InChI is InChI=1S/C20H27BrN2O2/c1-23(13-14-5-2-3-6-16(14)21)17(24)7-11-22-18-15-8-12-25-19(15)20(18)9-4-10-20/h2-3,5-6,15,18-19,22H,4,7-13H2,1H3/t15-,18+,19-/m0/s1. The van der Waals surface area contributed by atoms with Crippen molar-refractivity contribution in [2.75, 3.05) is 20.2 Å². The second-order valence-corrected chi connectivity index (χ2v) is 8.71. The summed E-state index contributed by atoms with van der Waals surface area (Å²) in [7, 11) is 1.89. The molecule has 1 heterocycles. The first-order chi connectivity index (χ1) is 12.1. The van der Waals surface area contributed by atoms with E-state index in [-0.39, 0.29) is 5.91 Å². The largest absolute Gasteiger partial charge is 0.377 e. The van der Waals surface area contributed by atoms with E-state index in [1.807, 2.05) is 30.1 Å². The molecule has 0 unspecified atom stereocenters. The van der Waals surface area contributed by atoms with E-state index >= 15 is 0 Å². The summed E-state index contributed by atoms with van der Waals surface area (Å²) >= 11 is 3.55. The van der Waals surface area contributed by atoms with Crippen LogP contribution >= 0.6 is 15.9 Å². The number of amides is 1. The van der Waals surface area contributed by atoms with Crippen molar-refractivity contribution in [3.05, 3.63) is 34.3 Å². The van der Waals surface area contributed by atoms with E-state index in [0.29, 0.717) is 36.4 Å². The first-order valence-corrected chi connectivity index (χ1v) is 10.2. The lowest BCUT2D eigenvalue weighted by Crippen LogP contribution is -2.71. The Morgan fingerprint density at radius 1 is 1.40 bits per heavy atom. The summed E-state index contributed by atoms with van der Waals surface area (Å²) < 4.78 is 7.02. The van der Waals surface area contributed by atoms with E-state index in [2.05, 4.69) is 27.3 Å². The predicted octanol–water partition coefficient (Wildman–Crippen LogP) is 3.34. The number of nitrogens with one attached hydrogen (secondary N) is 1. The second kappa shape index (κ2) is 7.01. The molecule has 1 spiro atoms. The van der Waals surface area contributed by atoms with E-state index in [1.165, 1.54) is 25.7 Å². The number of halogens is 1. The zero-order chi connectivity index (χ0) is 17.4. The summed E-state index contributed by atoms with van der Waals surface area (Å²) in [5.74, 6) is 0.873. The van der Waals surface area contributed by atoms with Gasteiger partial charge < -0.3 is 15.0 Å². The Labute approximate surface area is 158 Å². The third-order valence-electron chi connectivity index (χ3n) is 6.53. The van der Waals surface area contributed by atoms with Crippen LogP contribution in [-0.2, 0) is 16.1 Å². The maximum atomic E-state index is 12.5. The summed E-state index contributed by atoms with van der Waals surface area (Å²) in [5.41, 5.74) is 1.54. The number of benzene rings is 1. The molecule has 2 saturated carbocycles. The van der Waals surface area contributed by atoms with Gasteiger partial charge in [0, 0.05) is 55.0 Å². The fourth-order valence-electron chi connectivity index (χ4n) is 5.06. The Morgan fingerprint density at radius 2 is 2.20 bits per heavy atom. The lowest BCUT2D eigenvalue weighted by Gasteiger charge is -2.63. The molecule has 1 aromatic carbocycles. The number of carbonyl (C=O) groups excluding carboxylic acids is 1. The third-order valence-corrected chi connectivity index (χ3v) is 7.30. The Morgan fingerprint density at radius 3 is 2.92 bits per heavy atom. The Balaban J connectivity index is 1.26. The molecule has 25 heavy (non-hydrogen) atoms. The monoisotopic (exact) mass is 406 g/mol. The molecule has 1 saturated heterocycles. The van der Waals surface area contributed by atoms with Crippen LogP contribution in [0.4, 0.5) is 0 Å². The SMILES string of the molecule is CN(Cc1ccccc1Br)C(=O)CCN[C@@H]1[C@@H]2CCO[C@@H]2C12CCC2. The van der Waals surface area contributed by atoms with Gasteiger partial charge in [0.15, 0.2) is 0 Å². The van der Waals surface area contributed by atoms with Crippen LogP contribution in [0.3, 0.4) is 0 Å². The number of carbonyl (C=O) groups is 1. The van der Waals surface area contributed by atoms with Gasteiger partial charge in [-0.05, 0) is 30.9 Å². The smallest absolute Gasteiger partial charge is 0.223 e. The maximum absolute atomic E-state index is 12.5. The van der Waals surface area contributed by atoms with E-state index in [0.717, 1.165) is 23.2 Å². The van der Waals surface area contributed by atoms with Gasteiger partial charge in [-0.15, -0.1) is 0 Å². The molecule has 0 bridgehead atoms. The Hall–Kier alpha value is -0.910. The van der Waals surface area contributed by atoms with Crippen molar-refractivity contribution < 1.29 is 9.53 Å². The minimum atomic E-state index is 0.199. The fraction of sp³-hybridized carbons (Fsp3) is 0.650. The number of hydrogen-bond acceptors (Lipinski definition) is 3. The van der Waals surface area contributed by atoms with Gasteiger partial charge in [-0.1, -0.05) is 40.5 Å². The molecule has 3 fully saturated rings. The van der Waals surface area contributed by atoms with E-state index in [1.54, 1.807) is 0 Å². The Bertz CT molecular complexity index is 646. The molecular weight excluding hydrogens is 380 g/mol. The van der Waals surface area contributed by atoms with Crippen molar-refractivity contribution >= 4 is 21.8 Å². The molecule has 5 heteroatoms. The minimum Gasteiger partial charge on any atom is -0.377 e. The van der Waals surface area contributed by atoms with Crippen molar-refractivity contribution in [2.24, 2.45) is 11.3 Å². The highest BCUT2D eigenvalue weighted by Gasteiger charge is 2.66.